The topological polar surface area (TPSA) is 34.9 Å². The Morgan fingerprint density at radius 3 is 2.82 bits per heavy atom. The van der Waals surface area contributed by atoms with Crippen molar-refractivity contribution in [2.45, 2.75) is 19.8 Å². The van der Waals surface area contributed by atoms with Gasteiger partial charge >= 0.3 is 0 Å². The quantitative estimate of drug-likeness (QED) is 0.870. The molecular formula is C12H13BrN2OS. The van der Waals surface area contributed by atoms with Gasteiger partial charge in [-0.1, -0.05) is 0 Å². The highest BCUT2D eigenvalue weighted by Gasteiger charge is 2.14. The summed E-state index contributed by atoms with van der Waals surface area (Å²) in [4.78, 5) is 11.9. The van der Waals surface area contributed by atoms with E-state index in [9.17, 15) is 4.79 Å². The van der Waals surface area contributed by atoms with E-state index in [1.165, 1.54) is 0 Å². The minimum atomic E-state index is 0.215. The van der Waals surface area contributed by atoms with Crippen molar-refractivity contribution < 1.29 is 4.79 Å². The van der Waals surface area contributed by atoms with E-state index in [0.717, 1.165) is 21.4 Å². The van der Waals surface area contributed by atoms with Gasteiger partial charge in [0.1, 0.15) is 5.78 Å². The molecule has 0 aliphatic heterocycles. The summed E-state index contributed by atoms with van der Waals surface area (Å²) in [5, 5.41) is 8.29. The standard InChI is InChI=1S/C12H13BrN2OS/c1-8-12(13)11(15(2)14-8)6-10(16)5-9-3-4-17-7-9/h3-4,7H,5-6H2,1-2H3. The molecule has 2 aromatic rings. The number of rotatable bonds is 4. The number of aryl methyl sites for hydroxylation is 2. The molecule has 90 valence electrons. The normalized spacial score (nSPS) is 10.8. The smallest absolute Gasteiger partial charge is 0.143 e. The lowest BCUT2D eigenvalue weighted by atomic mass is 10.1. The molecule has 0 radical (unpaired) electrons. The molecule has 2 aromatic heterocycles. The van der Waals surface area contributed by atoms with Crippen molar-refractivity contribution in [3.05, 3.63) is 38.3 Å². The molecule has 0 fully saturated rings. The number of nitrogens with zero attached hydrogens (tertiary/aromatic N) is 2. The van der Waals surface area contributed by atoms with Gasteiger partial charge in [0.05, 0.1) is 15.9 Å². The number of aromatic nitrogens is 2. The fourth-order valence-electron chi connectivity index (χ4n) is 1.74. The number of hydrogen-bond acceptors (Lipinski definition) is 3. The van der Waals surface area contributed by atoms with Crippen LogP contribution in [0.15, 0.2) is 21.3 Å². The third kappa shape index (κ3) is 2.84. The highest BCUT2D eigenvalue weighted by Crippen LogP contribution is 2.21. The van der Waals surface area contributed by atoms with Crippen molar-refractivity contribution in [2.75, 3.05) is 0 Å². The molecule has 2 rings (SSSR count). The molecule has 0 aliphatic rings. The second kappa shape index (κ2) is 5.14. The zero-order chi connectivity index (χ0) is 12.4. The molecule has 0 bridgehead atoms. The van der Waals surface area contributed by atoms with Gasteiger partial charge in [-0.3, -0.25) is 9.48 Å². The maximum absolute atomic E-state index is 11.9. The van der Waals surface area contributed by atoms with Crippen LogP contribution in [0.3, 0.4) is 0 Å². The highest BCUT2D eigenvalue weighted by molar-refractivity contribution is 9.10. The predicted molar refractivity (Wildman–Crippen MR) is 72.4 cm³/mol. The van der Waals surface area contributed by atoms with Crippen molar-refractivity contribution in [2.24, 2.45) is 7.05 Å². The number of halogens is 1. The molecule has 0 atom stereocenters. The Morgan fingerprint density at radius 1 is 1.53 bits per heavy atom. The fourth-order valence-corrected chi connectivity index (χ4v) is 2.89. The van der Waals surface area contributed by atoms with Crippen LogP contribution in [0.1, 0.15) is 17.0 Å². The Balaban J connectivity index is 2.08. The van der Waals surface area contributed by atoms with Crippen LogP contribution in [-0.4, -0.2) is 15.6 Å². The fraction of sp³-hybridized carbons (Fsp3) is 0.333. The first-order valence-corrected chi connectivity index (χ1v) is 7.02. The van der Waals surface area contributed by atoms with E-state index >= 15 is 0 Å². The second-order valence-electron chi connectivity index (χ2n) is 3.99. The summed E-state index contributed by atoms with van der Waals surface area (Å²) in [7, 11) is 1.87. The van der Waals surface area contributed by atoms with Crippen LogP contribution >= 0.6 is 27.3 Å². The van der Waals surface area contributed by atoms with Crippen LogP contribution in [0, 0.1) is 6.92 Å². The molecule has 2 heterocycles. The zero-order valence-electron chi connectivity index (χ0n) is 9.74. The lowest BCUT2D eigenvalue weighted by Gasteiger charge is -2.02. The summed E-state index contributed by atoms with van der Waals surface area (Å²) < 4.78 is 2.71. The minimum absolute atomic E-state index is 0.215. The van der Waals surface area contributed by atoms with Gasteiger partial charge in [0, 0.05) is 19.9 Å². The molecule has 0 aromatic carbocycles. The average molecular weight is 313 g/mol. The van der Waals surface area contributed by atoms with Crippen LogP contribution in [0.5, 0.6) is 0 Å². The van der Waals surface area contributed by atoms with E-state index in [4.69, 9.17) is 0 Å². The molecule has 5 heteroatoms. The van der Waals surface area contributed by atoms with Crippen LogP contribution in [-0.2, 0) is 24.7 Å². The molecule has 0 unspecified atom stereocenters. The Bertz CT molecular complexity index is 531. The molecular weight excluding hydrogens is 300 g/mol. The molecule has 0 amide bonds. The van der Waals surface area contributed by atoms with Gasteiger partial charge in [-0.2, -0.15) is 16.4 Å². The van der Waals surface area contributed by atoms with Crippen LogP contribution in [0.25, 0.3) is 0 Å². The summed E-state index contributed by atoms with van der Waals surface area (Å²) in [6.45, 7) is 1.93. The molecule has 0 N–H and O–H groups in total. The molecule has 0 saturated heterocycles. The molecule has 17 heavy (non-hydrogen) atoms. The van der Waals surface area contributed by atoms with Crippen molar-refractivity contribution >= 4 is 33.0 Å². The van der Waals surface area contributed by atoms with Gasteiger partial charge in [0.2, 0.25) is 0 Å². The average Bonchev–Trinajstić information content (AvgIpc) is 2.83. The van der Waals surface area contributed by atoms with Gasteiger partial charge in [0.15, 0.2) is 0 Å². The molecule has 3 nitrogen and oxygen atoms in total. The minimum Gasteiger partial charge on any atom is -0.299 e. The summed E-state index contributed by atoms with van der Waals surface area (Å²) in [6, 6.07) is 1.99. The van der Waals surface area contributed by atoms with E-state index in [2.05, 4.69) is 21.0 Å². The number of carbonyl (C=O) groups excluding carboxylic acids is 1. The third-order valence-corrected chi connectivity index (χ3v) is 4.37. The van der Waals surface area contributed by atoms with E-state index in [1.807, 2.05) is 30.8 Å². The highest BCUT2D eigenvalue weighted by atomic mass is 79.9. The first-order valence-electron chi connectivity index (χ1n) is 5.28. The van der Waals surface area contributed by atoms with Crippen LogP contribution in [0.4, 0.5) is 0 Å². The first kappa shape index (κ1) is 12.5. The molecule has 0 saturated carbocycles. The van der Waals surface area contributed by atoms with E-state index < -0.39 is 0 Å². The Kier molecular flexibility index (Phi) is 3.79. The van der Waals surface area contributed by atoms with E-state index in [1.54, 1.807) is 16.0 Å². The monoisotopic (exact) mass is 312 g/mol. The largest absolute Gasteiger partial charge is 0.299 e. The molecule has 0 aliphatic carbocycles. The maximum Gasteiger partial charge on any atom is 0.143 e. The number of thiophene rings is 1. The van der Waals surface area contributed by atoms with Gasteiger partial charge < -0.3 is 0 Å². The van der Waals surface area contributed by atoms with Crippen molar-refractivity contribution in [3.63, 3.8) is 0 Å². The molecule has 0 spiro atoms. The Morgan fingerprint density at radius 2 is 2.29 bits per heavy atom. The predicted octanol–water partition coefficient (Wildman–Crippen LogP) is 2.91. The number of carbonyl (C=O) groups is 1. The van der Waals surface area contributed by atoms with Crippen LogP contribution < -0.4 is 0 Å². The van der Waals surface area contributed by atoms with Gasteiger partial charge in [-0.05, 0) is 45.2 Å². The van der Waals surface area contributed by atoms with Gasteiger partial charge in [-0.25, -0.2) is 0 Å². The second-order valence-corrected chi connectivity index (χ2v) is 5.57. The summed E-state index contributed by atoms with van der Waals surface area (Å²) in [5.41, 5.74) is 2.96. The Labute approximate surface area is 113 Å². The Hall–Kier alpha value is -0.940. The SMILES string of the molecule is Cc1nn(C)c(CC(=O)Cc2ccsc2)c1Br. The zero-order valence-corrected chi connectivity index (χ0v) is 12.1. The van der Waals surface area contributed by atoms with E-state index in [0.29, 0.717) is 12.8 Å². The number of Topliss-reactive ketones (excluding diaryl/α,β-unsaturated/α-hetero) is 1. The lowest BCUT2D eigenvalue weighted by Crippen LogP contribution is -2.10. The van der Waals surface area contributed by atoms with Crippen molar-refractivity contribution in [1.82, 2.24) is 9.78 Å². The third-order valence-electron chi connectivity index (χ3n) is 2.61. The summed E-state index contributed by atoms with van der Waals surface area (Å²) >= 11 is 5.09. The number of hydrogen-bond donors (Lipinski definition) is 0. The van der Waals surface area contributed by atoms with Crippen LogP contribution in [0.2, 0.25) is 0 Å². The first-order chi connectivity index (χ1) is 8.08. The number of ketones is 1. The van der Waals surface area contributed by atoms with Gasteiger partial charge in [0.25, 0.3) is 0 Å². The van der Waals surface area contributed by atoms with Gasteiger partial charge in [-0.15, -0.1) is 0 Å². The summed E-state index contributed by atoms with van der Waals surface area (Å²) in [5.74, 6) is 0.215. The van der Waals surface area contributed by atoms with E-state index in [-0.39, 0.29) is 5.78 Å². The summed E-state index contributed by atoms with van der Waals surface area (Å²) in [6.07, 6.45) is 0.925. The maximum atomic E-state index is 11.9. The lowest BCUT2D eigenvalue weighted by molar-refractivity contribution is -0.117. The van der Waals surface area contributed by atoms with Crippen molar-refractivity contribution in [1.29, 1.82) is 0 Å². The van der Waals surface area contributed by atoms with Crippen molar-refractivity contribution in [3.8, 4) is 0 Å².